The SMILES string of the molecule is CCOc1cc(-c2cc(NCCc3cccc4cc(C)n(C)c34)ncn2)sc1C(=O)O. The molecule has 4 aromatic rings. The second-order valence-corrected chi connectivity index (χ2v) is 8.26. The number of anilines is 1. The Morgan fingerprint density at radius 3 is 2.87 bits per heavy atom. The van der Waals surface area contributed by atoms with E-state index < -0.39 is 5.97 Å². The van der Waals surface area contributed by atoms with E-state index in [4.69, 9.17) is 4.74 Å². The number of aryl methyl sites for hydroxylation is 2. The third-order valence-corrected chi connectivity index (χ3v) is 6.32. The molecule has 0 aliphatic rings. The molecule has 0 saturated carbocycles. The Morgan fingerprint density at radius 2 is 2.10 bits per heavy atom. The zero-order valence-electron chi connectivity index (χ0n) is 17.7. The number of hydrogen-bond donors (Lipinski definition) is 2. The van der Waals surface area contributed by atoms with Crippen LogP contribution in [0.4, 0.5) is 5.82 Å². The van der Waals surface area contributed by atoms with Gasteiger partial charge in [-0.05, 0) is 31.9 Å². The summed E-state index contributed by atoms with van der Waals surface area (Å²) in [6.07, 6.45) is 2.34. The molecule has 0 fully saturated rings. The number of carboxylic acids is 1. The summed E-state index contributed by atoms with van der Waals surface area (Å²) in [7, 11) is 2.09. The summed E-state index contributed by atoms with van der Waals surface area (Å²) in [6.45, 7) is 5.06. The fourth-order valence-corrected chi connectivity index (χ4v) is 4.57. The van der Waals surface area contributed by atoms with Crippen molar-refractivity contribution in [3.8, 4) is 16.3 Å². The first-order chi connectivity index (χ1) is 15.0. The molecule has 0 unspecified atom stereocenters. The summed E-state index contributed by atoms with van der Waals surface area (Å²) >= 11 is 1.15. The molecule has 4 rings (SSSR count). The lowest BCUT2D eigenvalue weighted by molar-refractivity contribution is 0.0698. The van der Waals surface area contributed by atoms with Gasteiger partial charge in [0.05, 0.1) is 22.7 Å². The van der Waals surface area contributed by atoms with Crippen LogP contribution < -0.4 is 10.1 Å². The minimum absolute atomic E-state index is 0.177. The Bertz CT molecular complexity index is 1250. The number of fused-ring (bicyclic) bond motifs is 1. The van der Waals surface area contributed by atoms with Crippen molar-refractivity contribution in [1.82, 2.24) is 14.5 Å². The van der Waals surface area contributed by atoms with Gasteiger partial charge in [0.25, 0.3) is 0 Å². The van der Waals surface area contributed by atoms with Gasteiger partial charge in [-0.25, -0.2) is 14.8 Å². The molecule has 0 atom stereocenters. The molecule has 8 heteroatoms. The van der Waals surface area contributed by atoms with Crippen LogP contribution in [0.25, 0.3) is 21.5 Å². The largest absolute Gasteiger partial charge is 0.492 e. The van der Waals surface area contributed by atoms with E-state index in [1.165, 1.54) is 28.5 Å². The number of nitrogens with one attached hydrogen (secondary N) is 1. The molecule has 0 spiro atoms. The van der Waals surface area contributed by atoms with Crippen LogP contribution in [-0.2, 0) is 13.5 Å². The third kappa shape index (κ3) is 4.25. The molecule has 160 valence electrons. The number of hydrogen-bond acceptors (Lipinski definition) is 6. The maximum absolute atomic E-state index is 11.5. The van der Waals surface area contributed by atoms with Gasteiger partial charge >= 0.3 is 5.97 Å². The number of carbonyl (C=O) groups is 1. The number of benzene rings is 1. The Hall–Kier alpha value is -3.39. The summed E-state index contributed by atoms with van der Waals surface area (Å²) in [5, 5.41) is 14.0. The van der Waals surface area contributed by atoms with Crippen LogP contribution in [-0.4, -0.2) is 38.8 Å². The van der Waals surface area contributed by atoms with Gasteiger partial charge in [0.15, 0.2) is 4.88 Å². The lowest BCUT2D eigenvalue weighted by Crippen LogP contribution is -2.07. The summed E-state index contributed by atoms with van der Waals surface area (Å²) in [4.78, 5) is 21.0. The van der Waals surface area contributed by atoms with Gasteiger partial charge in [0.2, 0.25) is 0 Å². The average molecular weight is 437 g/mol. The van der Waals surface area contributed by atoms with Gasteiger partial charge in [-0.2, -0.15) is 0 Å². The van der Waals surface area contributed by atoms with E-state index >= 15 is 0 Å². The molecular weight excluding hydrogens is 412 g/mol. The lowest BCUT2D eigenvalue weighted by atomic mass is 10.1. The van der Waals surface area contributed by atoms with E-state index in [-0.39, 0.29) is 4.88 Å². The highest BCUT2D eigenvalue weighted by Crippen LogP contribution is 2.36. The van der Waals surface area contributed by atoms with Crippen LogP contribution in [0, 0.1) is 6.92 Å². The second-order valence-electron chi connectivity index (χ2n) is 7.21. The maximum atomic E-state index is 11.5. The number of carboxylic acid groups (broad SMARTS) is 1. The van der Waals surface area contributed by atoms with Crippen LogP contribution >= 0.6 is 11.3 Å². The molecular formula is C23H24N4O3S. The number of aromatic carboxylic acids is 1. The molecule has 7 nitrogen and oxygen atoms in total. The van der Waals surface area contributed by atoms with Crippen molar-refractivity contribution in [3.05, 3.63) is 58.9 Å². The van der Waals surface area contributed by atoms with E-state index in [0.717, 1.165) is 29.2 Å². The molecule has 3 heterocycles. The van der Waals surface area contributed by atoms with Gasteiger partial charge in [0.1, 0.15) is 17.9 Å². The number of thiophene rings is 1. The van der Waals surface area contributed by atoms with Gasteiger partial charge in [-0.1, -0.05) is 18.2 Å². The van der Waals surface area contributed by atoms with Crippen molar-refractivity contribution >= 4 is 34.0 Å². The first-order valence-electron chi connectivity index (χ1n) is 10.1. The molecule has 0 aliphatic heterocycles. The summed E-state index contributed by atoms with van der Waals surface area (Å²) < 4.78 is 7.68. The Morgan fingerprint density at radius 1 is 1.26 bits per heavy atom. The Balaban J connectivity index is 1.50. The van der Waals surface area contributed by atoms with E-state index in [1.807, 2.05) is 13.0 Å². The zero-order chi connectivity index (χ0) is 22.0. The highest BCUT2D eigenvalue weighted by atomic mass is 32.1. The molecule has 0 aliphatic carbocycles. The second kappa shape index (κ2) is 8.77. The van der Waals surface area contributed by atoms with Crippen molar-refractivity contribution < 1.29 is 14.6 Å². The molecule has 3 aromatic heterocycles. The van der Waals surface area contributed by atoms with E-state index in [1.54, 1.807) is 6.07 Å². The van der Waals surface area contributed by atoms with Crippen molar-refractivity contribution in [1.29, 1.82) is 0 Å². The minimum atomic E-state index is -1.00. The highest BCUT2D eigenvalue weighted by Gasteiger charge is 2.18. The molecule has 0 radical (unpaired) electrons. The molecule has 31 heavy (non-hydrogen) atoms. The minimum Gasteiger partial charge on any atom is -0.492 e. The average Bonchev–Trinajstić information content (AvgIpc) is 3.30. The summed E-state index contributed by atoms with van der Waals surface area (Å²) in [6, 6.07) is 12.1. The topological polar surface area (TPSA) is 89.3 Å². The van der Waals surface area contributed by atoms with Gasteiger partial charge < -0.3 is 19.7 Å². The standard InChI is InChI=1S/C23H24N4O3S/c1-4-30-18-12-19(31-22(18)23(28)29)17-11-20(26-13-25-17)24-9-8-15-6-5-7-16-10-14(2)27(3)21(15)16/h5-7,10-13H,4,8-9H2,1-3H3,(H,28,29)(H,24,25,26). The number of rotatable bonds is 8. The Kier molecular flexibility index (Phi) is 5.90. The fraction of sp³-hybridized carbons (Fsp3) is 0.261. The zero-order valence-corrected chi connectivity index (χ0v) is 18.5. The quantitative estimate of drug-likeness (QED) is 0.414. The van der Waals surface area contributed by atoms with Crippen molar-refractivity contribution in [2.45, 2.75) is 20.3 Å². The predicted molar refractivity (Wildman–Crippen MR) is 123 cm³/mol. The van der Waals surface area contributed by atoms with Gasteiger partial charge in [-0.3, -0.25) is 0 Å². The van der Waals surface area contributed by atoms with Crippen molar-refractivity contribution in [3.63, 3.8) is 0 Å². The molecule has 0 amide bonds. The fourth-order valence-electron chi connectivity index (χ4n) is 3.66. The van der Waals surface area contributed by atoms with Crippen LogP contribution in [0.2, 0.25) is 0 Å². The van der Waals surface area contributed by atoms with Gasteiger partial charge in [-0.15, -0.1) is 11.3 Å². The first kappa shape index (κ1) is 20.9. The van der Waals surface area contributed by atoms with Crippen LogP contribution in [0.5, 0.6) is 5.75 Å². The van der Waals surface area contributed by atoms with Crippen LogP contribution in [0.15, 0.2) is 42.7 Å². The summed E-state index contributed by atoms with van der Waals surface area (Å²) in [5.41, 5.74) is 4.43. The number of nitrogens with zero attached hydrogens (tertiary/aromatic N) is 3. The van der Waals surface area contributed by atoms with Crippen molar-refractivity contribution in [2.24, 2.45) is 7.05 Å². The van der Waals surface area contributed by atoms with Gasteiger partial charge in [0, 0.05) is 36.8 Å². The first-order valence-corrected chi connectivity index (χ1v) is 10.9. The third-order valence-electron chi connectivity index (χ3n) is 5.19. The molecule has 0 saturated heterocycles. The maximum Gasteiger partial charge on any atom is 0.349 e. The summed E-state index contributed by atoms with van der Waals surface area (Å²) in [5.74, 6) is 0.0646. The van der Waals surface area contributed by atoms with Crippen molar-refractivity contribution in [2.75, 3.05) is 18.5 Å². The Labute approximate surface area is 184 Å². The van der Waals surface area contributed by atoms with Crippen LogP contribution in [0.1, 0.15) is 27.9 Å². The lowest BCUT2D eigenvalue weighted by Gasteiger charge is -2.09. The highest BCUT2D eigenvalue weighted by molar-refractivity contribution is 7.17. The number of para-hydroxylation sites is 1. The molecule has 2 N–H and O–H groups in total. The molecule has 1 aromatic carbocycles. The van der Waals surface area contributed by atoms with Crippen LogP contribution in [0.3, 0.4) is 0 Å². The smallest absolute Gasteiger partial charge is 0.349 e. The van der Waals surface area contributed by atoms with E-state index in [9.17, 15) is 9.90 Å². The monoisotopic (exact) mass is 436 g/mol. The number of aromatic nitrogens is 3. The number of ether oxygens (including phenoxy) is 1. The van der Waals surface area contributed by atoms with E-state index in [2.05, 4.69) is 58.1 Å². The van der Waals surface area contributed by atoms with E-state index in [0.29, 0.717) is 23.9 Å². The normalized spacial score (nSPS) is 11.1. The predicted octanol–water partition coefficient (Wildman–Crippen LogP) is 4.76. The molecule has 0 bridgehead atoms.